The van der Waals surface area contributed by atoms with E-state index in [2.05, 4.69) is 15.9 Å². The van der Waals surface area contributed by atoms with E-state index in [0.717, 1.165) is 11.9 Å². The predicted molar refractivity (Wildman–Crippen MR) is 61.5 cm³/mol. The van der Waals surface area contributed by atoms with Gasteiger partial charge in [0.05, 0.1) is 5.02 Å². The molecule has 0 atom stereocenters. The van der Waals surface area contributed by atoms with E-state index in [1.54, 1.807) is 18.2 Å². The zero-order chi connectivity index (χ0) is 10.6. The monoisotopic (exact) mass is 279 g/mol. The second kappa shape index (κ2) is 5.69. The third-order valence-corrected chi connectivity index (χ3v) is 2.58. The fourth-order valence-corrected chi connectivity index (χ4v) is 1.98. The average Bonchev–Trinajstić information content (AvgIpc) is 2.13. The molecule has 1 rings (SSSR count). The Labute approximate surface area is 97.0 Å². The van der Waals surface area contributed by atoms with Crippen molar-refractivity contribution in [3.05, 3.63) is 34.6 Å². The normalized spacial score (nSPS) is 10.9. The third kappa shape index (κ3) is 3.23. The highest BCUT2D eigenvalue weighted by Gasteiger charge is 2.07. The van der Waals surface area contributed by atoms with Gasteiger partial charge in [0.1, 0.15) is 5.82 Å². The van der Waals surface area contributed by atoms with E-state index < -0.39 is 0 Å². The van der Waals surface area contributed by atoms with E-state index in [9.17, 15) is 4.39 Å². The lowest BCUT2D eigenvalue weighted by atomic mass is 10.2. The Morgan fingerprint density at radius 3 is 2.86 bits per heavy atom. The first kappa shape index (κ1) is 12.0. The molecular weight excluding hydrogens is 268 g/mol. The van der Waals surface area contributed by atoms with Crippen molar-refractivity contribution in [1.29, 1.82) is 0 Å². The highest BCUT2D eigenvalue weighted by molar-refractivity contribution is 9.09. The summed E-state index contributed by atoms with van der Waals surface area (Å²) in [6, 6.07) is 5.08. The van der Waals surface area contributed by atoms with Crippen LogP contribution in [0.3, 0.4) is 0 Å². The van der Waals surface area contributed by atoms with Crippen LogP contribution in [0.4, 0.5) is 4.39 Å². The van der Waals surface area contributed by atoms with Crippen LogP contribution < -0.4 is 0 Å². The van der Waals surface area contributed by atoms with Crippen LogP contribution in [0.15, 0.2) is 18.2 Å². The maximum atomic E-state index is 13.4. The fraction of sp³-hybridized carbons (Fsp3) is 0.400. The molecule has 0 heterocycles. The molecule has 0 radical (unpaired) electrons. The first-order chi connectivity index (χ1) is 6.65. The van der Waals surface area contributed by atoms with Crippen LogP contribution in [0.25, 0.3) is 0 Å². The molecular formula is C10H12BrClFN. The Hall–Kier alpha value is -0.120. The van der Waals surface area contributed by atoms with Crippen molar-refractivity contribution in [3.63, 3.8) is 0 Å². The Bertz CT molecular complexity index is 306. The van der Waals surface area contributed by atoms with Crippen molar-refractivity contribution in [2.24, 2.45) is 0 Å². The van der Waals surface area contributed by atoms with Gasteiger partial charge in [0.2, 0.25) is 0 Å². The summed E-state index contributed by atoms with van der Waals surface area (Å²) in [5.41, 5.74) is 0.640. The van der Waals surface area contributed by atoms with Crippen molar-refractivity contribution in [2.45, 2.75) is 6.54 Å². The summed E-state index contributed by atoms with van der Waals surface area (Å²) in [5.74, 6) is -0.310. The third-order valence-electron chi connectivity index (χ3n) is 1.94. The standard InChI is InChI=1S/C10H12BrClFN/c1-14(6-5-11)7-8-3-2-4-9(12)10(8)13/h2-4H,5-7H2,1H3. The highest BCUT2D eigenvalue weighted by atomic mass is 79.9. The number of nitrogens with zero attached hydrogens (tertiary/aromatic N) is 1. The highest BCUT2D eigenvalue weighted by Crippen LogP contribution is 2.18. The Morgan fingerprint density at radius 2 is 2.21 bits per heavy atom. The molecule has 1 aromatic carbocycles. The van der Waals surface area contributed by atoms with Gasteiger partial charge in [0.15, 0.2) is 0 Å². The van der Waals surface area contributed by atoms with Gasteiger partial charge in [0, 0.05) is 24.0 Å². The van der Waals surface area contributed by atoms with Crippen molar-refractivity contribution < 1.29 is 4.39 Å². The lowest BCUT2D eigenvalue weighted by molar-refractivity contribution is 0.343. The van der Waals surface area contributed by atoms with Crippen molar-refractivity contribution in [3.8, 4) is 0 Å². The average molecular weight is 281 g/mol. The molecule has 0 spiro atoms. The number of hydrogen-bond donors (Lipinski definition) is 0. The zero-order valence-corrected chi connectivity index (χ0v) is 10.3. The Kier molecular flexibility index (Phi) is 4.85. The molecule has 0 amide bonds. The van der Waals surface area contributed by atoms with Gasteiger partial charge in [-0.05, 0) is 13.1 Å². The van der Waals surface area contributed by atoms with Crippen LogP contribution >= 0.6 is 27.5 Å². The van der Waals surface area contributed by atoms with E-state index in [1.807, 2.05) is 11.9 Å². The number of halogens is 3. The van der Waals surface area contributed by atoms with Gasteiger partial charge in [-0.25, -0.2) is 4.39 Å². The van der Waals surface area contributed by atoms with Crippen LogP contribution in [0.5, 0.6) is 0 Å². The molecule has 0 saturated carbocycles. The molecule has 1 nitrogen and oxygen atoms in total. The minimum Gasteiger partial charge on any atom is -0.301 e. The van der Waals surface area contributed by atoms with Gasteiger partial charge < -0.3 is 4.90 Å². The largest absolute Gasteiger partial charge is 0.301 e. The molecule has 0 aliphatic carbocycles. The maximum absolute atomic E-state index is 13.4. The zero-order valence-electron chi connectivity index (χ0n) is 7.93. The molecule has 0 aliphatic rings. The smallest absolute Gasteiger partial charge is 0.146 e. The summed E-state index contributed by atoms with van der Waals surface area (Å²) in [7, 11) is 1.95. The van der Waals surface area contributed by atoms with Gasteiger partial charge in [0.25, 0.3) is 0 Å². The number of benzene rings is 1. The Morgan fingerprint density at radius 1 is 1.50 bits per heavy atom. The molecule has 4 heteroatoms. The van der Waals surface area contributed by atoms with Crippen molar-refractivity contribution in [2.75, 3.05) is 18.9 Å². The molecule has 0 aromatic heterocycles. The quantitative estimate of drug-likeness (QED) is 0.765. The number of alkyl halides is 1. The first-order valence-electron chi connectivity index (χ1n) is 4.32. The molecule has 0 N–H and O–H groups in total. The van der Waals surface area contributed by atoms with Crippen molar-refractivity contribution >= 4 is 27.5 Å². The van der Waals surface area contributed by atoms with Crippen molar-refractivity contribution in [1.82, 2.24) is 4.90 Å². The minimum atomic E-state index is -0.310. The predicted octanol–water partition coefficient (Wildman–Crippen LogP) is 3.31. The summed E-state index contributed by atoms with van der Waals surface area (Å²) in [4.78, 5) is 2.03. The molecule has 0 aliphatic heterocycles. The first-order valence-corrected chi connectivity index (χ1v) is 5.82. The molecule has 78 valence electrons. The van der Waals surface area contributed by atoms with Gasteiger partial charge in [-0.1, -0.05) is 39.7 Å². The second-order valence-corrected chi connectivity index (χ2v) is 4.34. The van der Waals surface area contributed by atoms with E-state index in [-0.39, 0.29) is 10.8 Å². The Balaban J connectivity index is 2.71. The fourth-order valence-electron chi connectivity index (χ4n) is 1.18. The van der Waals surface area contributed by atoms with E-state index in [0.29, 0.717) is 12.1 Å². The lowest BCUT2D eigenvalue weighted by Gasteiger charge is -2.15. The molecule has 1 aromatic rings. The van der Waals surface area contributed by atoms with Gasteiger partial charge in [-0.2, -0.15) is 0 Å². The van der Waals surface area contributed by atoms with Gasteiger partial charge in [-0.3, -0.25) is 0 Å². The van der Waals surface area contributed by atoms with Gasteiger partial charge in [-0.15, -0.1) is 0 Å². The molecule has 0 unspecified atom stereocenters. The second-order valence-electron chi connectivity index (χ2n) is 3.14. The minimum absolute atomic E-state index is 0.190. The summed E-state index contributed by atoms with van der Waals surface area (Å²) < 4.78 is 13.4. The summed E-state index contributed by atoms with van der Waals surface area (Å²) in [5, 5.41) is 1.07. The lowest BCUT2D eigenvalue weighted by Crippen LogP contribution is -2.20. The number of rotatable bonds is 4. The van der Waals surface area contributed by atoms with Crippen LogP contribution in [0.2, 0.25) is 5.02 Å². The van der Waals surface area contributed by atoms with E-state index in [1.165, 1.54) is 0 Å². The van der Waals surface area contributed by atoms with Crippen LogP contribution in [-0.4, -0.2) is 23.8 Å². The van der Waals surface area contributed by atoms with Crippen LogP contribution in [-0.2, 0) is 6.54 Å². The molecule has 0 fully saturated rings. The SMILES string of the molecule is CN(CCBr)Cc1cccc(Cl)c1F. The van der Waals surface area contributed by atoms with Crippen LogP contribution in [0.1, 0.15) is 5.56 Å². The molecule has 14 heavy (non-hydrogen) atoms. The summed E-state index contributed by atoms with van der Waals surface area (Å²) in [6.45, 7) is 1.46. The number of hydrogen-bond acceptors (Lipinski definition) is 1. The molecule has 0 saturated heterocycles. The summed E-state index contributed by atoms with van der Waals surface area (Å²) in [6.07, 6.45) is 0. The van der Waals surface area contributed by atoms with E-state index in [4.69, 9.17) is 11.6 Å². The van der Waals surface area contributed by atoms with Crippen LogP contribution in [0, 0.1) is 5.82 Å². The summed E-state index contributed by atoms with van der Waals surface area (Å²) >= 11 is 9.01. The molecule has 0 bridgehead atoms. The van der Waals surface area contributed by atoms with E-state index >= 15 is 0 Å². The maximum Gasteiger partial charge on any atom is 0.146 e. The van der Waals surface area contributed by atoms with Gasteiger partial charge >= 0.3 is 0 Å². The topological polar surface area (TPSA) is 3.24 Å².